The normalized spacial score (nSPS) is 10.8. The highest BCUT2D eigenvalue weighted by molar-refractivity contribution is 5.96. The summed E-state index contributed by atoms with van der Waals surface area (Å²) in [7, 11) is 0. The average Bonchev–Trinajstić information content (AvgIpc) is 3.26. The van der Waals surface area contributed by atoms with Gasteiger partial charge >= 0.3 is 0 Å². The molecule has 0 N–H and O–H groups in total. The smallest absolute Gasteiger partial charge is 0.254 e. The molecule has 0 atom stereocenters. The van der Waals surface area contributed by atoms with Gasteiger partial charge in [-0.25, -0.2) is 4.39 Å². The van der Waals surface area contributed by atoms with Crippen molar-refractivity contribution in [3.63, 3.8) is 0 Å². The molecule has 0 aliphatic carbocycles. The molecular formula is C28H33FN2O3. The lowest BCUT2D eigenvalue weighted by Gasteiger charge is -2.27. The Morgan fingerprint density at radius 2 is 1.62 bits per heavy atom. The Morgan fingerprint density at radius 3 is 2.26 bits per heavy atom. The van der Waals surface area contributed by atoms with Crippen molar-refractivity contribution in [1.29, 1.82) is 0 Å². The predicted molar refractivity (Wildman–Crippen MR) is 131 cm³/mol. The van der Waals surface area contributed by atoms with Gasteiger partial charge in [0.2, 0.25) is 5.91 Å². The lowest BCUT2D eigenvalue weighted by Crippen LogP contribution is -2.43. The number of aryl methyl sites for hydroxylation is 1. The van der Waals surface area contributed by atoms with Crippen LogP contribution in [-0.4, -0.2) is 41.2 Å². The Balaban J connectivity index is 1.75. The molecule has 0 aliphatic rings. The van der Waals surface area contributed by atoms with Gasteiger partial charge in [0.25, 0.3) is 5.91 Å². The summed E-state index contributed by atoms with van der Waals surface area (Å²) in [5, 5.41) is 0. The molecule has 0 bridgehead atoms. The topological polar surface area (TPSA) is 53.8 Å². The van der Waals surface area contributed by atoms with E-state index >= 15 is 0 Å². The summed E-state index contributed by atoms with van der Waals surface area (Å²) in [6.07, 6.45) is 3.48. The van der Waals surface area contributed by atoms with Gasteiger partial charge in [0.05, 0.1) is 6.54 Å². The number of carbonyl (C=O) groups excluding carboxylic acids is 2. The molecule has 0 aliphatic heterocycles. The zero-order valence-corrected chi connectivity index (χ0v) is 20.0. The van der Waals surface area contributed by atoms with Crippen molar-refractivity contribution < 1.29 is 18.4 Å². The highest BCUT2D eigenvalue weighted by Gasteiger charge is 2.23. The molecule has 0 spiro atoms. The highest BCUT2D eigenvalue weighted by atomic mass is 19.1. The van der Waals surface area contributed by atoms with Gasteiger partial charge in [-0.2, -0.15) is 0 Å². The third-order valence-electron chi connectivity index (χ3n) is 5.74. The summed E-state index contributed by atoms with van der Waals surface area (Å²) < 4.78 is 19.1. The Labute approximate surface area is 201 Å². The van der Waals surface area contributed by atoms with E-state index in [1.165, 1.54) is 24.3 Å². The monoisotopic (exact) mass is 464 g/mol. The lowest BCUT2D eigenvalue weighted by atomic mass is 10.1. The second-order valence-corrected chi connectivity index (χ2v) is 8.50. The number of furan rings is 1. The molecule has 34 heavy (non-hydrogen) atoms. The Bertz CT molecular complexity index is 1050. The zero-order valence-electron chi connectivity index (χ0n) is 20.0. The molecule has 2 amide bonds. The van der Waals surface area contributed by atoms with Crippen molar-refractivity contribution in [3.05, 3.63) is 95.2 Å². The molecule has 3 rings (SSSR count). The van der Waals surface area contributed by atoms with Crippen molar-refractivity contribution in [3.8, 4) is 0 Å². The number of unbranched alkanes of at least 4 members (excludes halogenated alkanes) is 2. The van der Waals surface area contributed by atoms with Gasteiger partial charge in [-0.05, 0) is 61.7 Å². The number of rotatable bonds is 12. The van der Waals surface area contributed by atoms with Gasteiger partial charge in [0.1, 0.15) is 23.9 Å². The summed E-state index contributed by atoms with van der Waals surface area (Å²) in [6, 6.07) is 19.2. The number of halogens is 1. The number of nitrogens with zero attached hydrogens (tertiary/aromatic N) is 2. The van der Waals surface area contributed by atoms with E-state index in [9.17, 15) is 14.0 Å². The van der Waals surface area contributed by atoms with E-state index in [-0.39, 0.29) is 18.4 Å². The SMILES string of the molecule is CCCCCN(CC(=O)N(CCc1ccccc1)Cc1ccc(C)o1)C(=O)c1ccc(F)cc1. The maximum atomic E-state index is 13.4. The van der Waals surface area contributed by atoms with Crippen molar-refractivity contribution in [1.82, 2.24) is 9.80 Å². The van der Waals surface area contributed by atoms with E-state index < -0.39 is 5.82 Å². The maximum absolute atomic E-state index is 13.4. The minimum absolute atomic E-state index is 0.0333. The fourth-order valence-electron chi connectivity index (χ4n) is 3.80. The van der Waals surface area contributed by atoms with Gasteiger partial charge < -0.3 is 14.2 Å². The van der Waals surface area contributed by atoms with E-state index in [0.717, 1.165) is 30.6 Å². The first-order valence-corrected chi connectivity index (χ1v) is 11.9. The second-order valence-electron chi connectivity index (χ2n) is 8.50. The largest absolute Gasteiger partial charge is 0.464 e. The van der Waals surface area contributed by atoms with Gasteiger partial charge in [-0.1, -0.05) is 50.1 Å². The molecule has 0 saturated heterocycles. The molecule has 5 nitrogen and oxygen atoms in total. The number of benzene rings is 2. The van der Waals surface area contributed by atoms with Crippen molar-refractivity contribution in [2.75, 3.05) is 19.6 Å². The molecule has 180 valence electrons. The molecule has 2 aromatic carbocycles. The van der Waals surface area contributed by atoms with Crippen LogP contribution in [0.15, 0.2) is 71.1 Å². The Morgan fingerprint density at radius 1 is 0.882 bits per heavy atom. The van der Waals surface area contributed by atoms with Crippen LogP contribution in [0.1, 0.15) is 53.6 Å². The van der Waals surface area contributed by atoms with E-state index in [1.807, 2.05) is 49.4 Å². The van der Waals surface area contributed by atoms with Crippen LogP contribution in [0.2, 0.25) is 0 Å². The van der Waals surface area contributed by atoms with Crippen molar-refractivity contribution >= 4 is 11.8 Å². The summed E-state index contributed by atoms with van der Waals surface area (Å²) in [4.78, 5) is 29.9. The third-order valence-corrected chi connectivity index (χ3v) is 5.74. The first-order chi connectivity index (χ1) is 16.5. The number of amides is 2. The second kappa shape index (κ2) is 12.7. The molecular weight excluding hydrogens is 431 g/mol. The molecule has 1 heterocycles. The van der Waals surface area contributed by atoms with Crippen molar-refractivity contribution in [2.24, 2.45) is 0 Å². The fourth-order valence-corrected chi connectivity index (χ4v) is 3.80. The molecule has 3 aromatic rings. The minimum atomic E-state index is -0.397. The third kappa shape index (κ3) is 7.58. The van der Waals surface area contributed by atoms with Crippen LogP contribution in [0.5, 0.6) is 0 Å². The van der Waals surface area contributed by atoms with E-state index in [4.69, 9.17) is 4.42 Å². The Hall–Kier alpha value is -3.41. The molecule has 0 fully saturated rings. The summed E-state index contributed by atoms with van der Waals surface area (Å²) in [5.41, 5.74) is 1.52. The molecule has 0 radical (unpaired) electrons. The fraction of sp³-hybridized carbons (Fsp3) is 0.357. The average molecular weight is 465 g/mol. The predicted octanol–water partition coefficient (Wildman–Crippen LogP) is 5.63. The standard InChI is InChI=1S/C28H33FN2O3/c1-3-4-8-18-31(28(33)24-12-14-25(29)15-13-24)21-27(32)30(20-26-16-11-22(2)34-26)19-17-23-9-6-5-7-10-23/h5-7,9-16H,3-4,8,17-21H2,1-2H3. The first kappa shape index (κ1) is 25.2. The van der Waals surface area contributed by atoms with Gasteiger partial charge in [0.15, 0.2) is 0 Å². The summed E-state index contributed by atoms with van der Waals surface area (Å²) in [5.74, 6) is 0.698. The minimum Gasteiger partial charge on any atom is -0.464 e. The first-order valence-electron chi connectivity index (χ1n) is 11.9. The van der Waals surface area contributed by atoms with Crippen LogP contribution in [0.25, 0.3) is 0 Å². The van der Waals surface area contributed by atoms with Crippen molar-refractivity contribution in [2.45, 2.75) is 46.1 Å². The molecule has 6 heteroatoms. The van der Waals surface area contributed by atoms with Gasteiger partial charge in [0, 0.05) is 18.7 Å². The van der Waals surface area contributed by atoms with Crippen LogP contribution >= 0.6 is 0 Å². The van der Waals surface area contributed by atoms with E-state index in [2.05, 4.69) is 6.92 Å². The molecule has 0 saturated carbocycles. The highest BCUT2D eigenvalue weighted by Crippen LogP contribution is 2.14. The summed E-state index contributed by atoms with van der Waals surface area (Å²) in [6.45, 7) is 5.25. The number of carbonyl (C=O) groups is 2. The van der Waals surface area contributed by atoms with E-state index in [0.29, 0.717) is 37.4 Å². The van der Waals surface area contributed by atoms with Crippen LogP contribution < -0.4 is 0 Å². The molecule has 0 unspecified atom stereocenters. The van der Waals surface area contributed by atoms with E-state index in [1.54, 1.807) is 9.80 Å². The number of hydrogen-bond donors (Lipinski definition) is 0. The molecule has 1 aromatic heterocycles. The zero-order chi connectivity index (χ0) is 24.3. The Kier molecular flexibility index (Phi) is 9.44. The van der Waals surface area contributed by atoms with Crippen LogP contribution in [-0.2, 0) is 17.8 Å². The summed E-state index contributed by atoms with van der Waals surface area (Å²) >= 11 is 0. The lowest BCUT2D eigenvalue weighted by molar-refractivity contribution is -0.132. The van der Waals surface area contributed by atoms with Gasteiger partial charge in [-0.3, -0.25) is 9.59 Å². The van der Waals surface area contributed by atoms with Gasteiger partial charge in [-0.15, -0.1) is 0 Å². The van der Waals surface area contributed by atoms with Crippen LogP contribution in [0.4, 0.5) is 4.39 Å². The maximum Gasteiger partial charge on any atom is 0.254 e. The van der Waals surface area contributed by atoms with Crippen LogP contribution in [0.3, 0.4) is 0 Å². The van der Waals surface area contributed by atoms with Crippen LogP contribution in [0, 0.1) is 12.7 Å². The number of hydrogen-bond acceptors (Lipinski definition) is 3. The quantitative estimate of drug-likeness (QED) is 0.326.